The fraction of sp³-hybridized carbons (Fsp3) is 0.421. The van der Waals surface area contributed by atoms with E-state index >= 15 is 0 Å². The average Bonchev–Trinajstić information content (AvgIpc) is 3.22. The molecule has 3 heterocycles. The van der Waals surface area contributed by atoms with Gasteiger partial charge in [-0.1, -0.05) is 6.07 Å². The molecular weight excluding hydrogens is 348 g/mol. The van der Waals surface area contributed by atoms with Gasteiger partial charge in [0.2, 0.25) is 5.91 Å². The van der Waals surface area contributed by atoms with Crippen molar-refractivity contribution in [2.24, 2.45) is 7.05 Å². The minimum atomic E-state index is -0.139. The van der Waals surface area contributed by atoms with E-state index in [-0.39, 0.29) is 17.5 Å². The first-order chi connectivity index (χ1) is 12.3. The van der Waals surface area contributed by atoms with Gasteiger partial charge in [0, 0.05) is 36.3 Å². The van der Waals surface area contributed by atoms with Gasteiger partial charge in [0.05, 0.1) is 11.7 Å². The number of aromatic amines is 1. The Bertz CT molecular complexity index is 1000. The summed E-state index contributed by atoms with van der Waals surface area (Å²) in [5.41, 5.74) is 3.05. The number of carbonyl (C=O) groups excluding carboxylic acids is 1. The zero-order valence-corrected chi connectivity index (χ0v) is 16.6. The highest BCUT2D eigenvalue weighted by Gasteiger charge is 2.20. The summed E-state index contributed by atoms with van der Waals surface area (Å²) in [6.45, 7) is 5.88. The van der Waals surface area contributed by atoms with Gasteiger partial charge in [-0.15, -0.1) is 11.3 Å². The van der Waals surface area contributed by atoms with Gasteiger partial charge < -0.3 is 9.88 Å². The number of amides is 1. The first kappa shape index (κ1) is 18.4. The van der Waals surface area contributed by atoms with Crippen LogP contribution in [0, 0.1) is 13.8 Å². The molecule has 1 unspecified atom stereocenters. The van der Waals surface area contributed by atoms with Crippen molar-refractivity contribution in [2.75, 3.05) is 7.05 Å². The molecule has 0 fully saturated rings. The molecule has 0 aliphatic heterocycles. The summed E-state index contributed by atoms with van der Waals surface area (Å²) in [4.78, 5) is 30.9. The maximum Gasteiger partial charge on any atom is 0.253 e. The lowest BCUT2D eigenvalue weighted by Crippen LogP contribution is -2.30. The Morgan fingerprint density at radius 2 is 2.15 bits per heavy atom. The number of rotatable bonds is 5. The molecule has 0 saturated heterocycles. The number of nitrogens with one attached hydrogen (secondary N) is 1. The standard InChI is InChI=1S/C19H24N4O2S/c1-11-14(19(25)20-18-17(11)12(2)21-23(18)5)8-9-16(24)22(4)13(3)15-7-6-10-26-15/h6-7,10,13H,8-9H2,1-5H3,(H,20,25). The number of fused-ring (bicyclic) bond motifs is 1. The van der Waals surface area contributed by atoms with Crippen LogP contribution in [0.4, 0.5) is 0 Å². The van der Waals surface area contributed by atoms with Crippen molar-refractivity contribution in [1.82, 2.24) is 19.7 Å². The number of aryl methyl sites for hydroxylation is 3. The zero-order chi connectivity index (χ0) is 19.0. The van der Waals surface area contributed by atoms with Crippen molar-refractivity contribution in [3.63, 3.8) is 0 Å². The van der Waals surface area contributed by atoms with Crippen LogP contribution in [0.25, 0.3) is 11.0 Å². The van der Waals surface area contributed by atoms with Crippen LogP contribution in [0.15, 0.2) is 22.3 Å². The van der Waals surface area contributed by atoms with Crippen LogP contribution in [0.2, 0.25) is 0 Å². The van der Waals surface area contributed by atoms with Gasteiger partial charge in [0.1, 0.15) is 5.65 Å². The molecule has 0 radical (unpaired) electrons. The number of nitrogens with zero attached hydrogens (tertiary/aromatic N) is 3. The first-order valence-electron chi connectivity index (χ1n) is 8.65. The summed E-state index contributed by atoms with van der Waals surface area (Å²) in [6, 6.07) is 4.06. The Morgan fingerprint density at radius 3 is 2.81 bits per heavy atom. The highest BCUT2D eigenvalue weighted by molar-refractivity contribution is 7.10. The van der Waals surface area contributed by atoms with Crippen LogP contribution in [-0.4, -0.2) is 32.6 Å². The molecule has 26 heavy (non-hydrogen) atoms. The van der Waals surface area contributed by atoms with Gasteiger partial charge in [0.15, 0.2) is 0 Å². The molecule has 0 aromatic carbocycles. The molecule has 3 rings (SSSR count). The van der Waals surface area contributed by atoms with Crippen LogP contribution in [0.3, 0.4) is 0 Å². The molecular formula is C19H24N4O2S. The van der Waals surface area contributed by atoms with Crippen LogP contribution in [0.5, 0.6) is 0 Å². The number of thiophene rings is 1. The number of aromatic nitrogens is 3. The minimum Gasteiger partial charge on any atom is -0.338 e. The molecule has 0 spiro atoms. The summed E-state index contributed by atoms with van der Waals surface area (Å²) < 4.78 is 1.69. The SMILES string of the molecule is Cc1nn(C)c2[nH]c(=O)c(CCC(=O)N(C)C(C)c3cccs3)c(C)c12. The van der Waals surface area contributed by atoms with E-state index in [2.05, 4.69) is 10.1 Å². The third kappa shape index (κ3) is 3.19. The minimum absolute atomic E-state index is 0.0323. The fourth-order valence-electron chi connectivity index (χ4n) is 3.40. The summed E-state index contributed by atoms with van der Waals surface area (Å²) in [5, 5.41) is 7.36. The second-order valence-electron chi connectivity index (χ2n) is 6.69. The van der Waals surface area contributed by atoms with E-state index in [4.69, 9.17) is 0 Å². The Hall–Kier alpha value is -2.41. The number of pyridine rings is 1. The molecule has 1 atom stereocenters. The van der Waals surface area contributed by atoms with Gasteiger partial charge in [-0.3, -0.25) is 14.3 Å². The van der Waals surface area contributed by atoms with E-state index in [9.17, 15) is 9.59 Å². The van der Waals surface area contributed by atoms with E-state index in [0.717, 1.165) is 27.2 Å². The first-order valence-corrected chi connectivity index (χ1v) is 9.53. The molecule has 1 N–H and O–H groups in total. The second kappa shape index (κ2) is 7.07. The molecule has 0 aliphatic rings. The van der Waals surface area contributed by atoms with E-state index in [1.54, 1.807) is 20.9 Å². The van der Waals surface area contributed by atoms with E-state index in [1.165, 1.54) is 0 Å². The highest BCUT2D eigenvalue weighted by Crippen LogP contribution is 2.25. The van der Waals surface area contributed by atoms with Crippen molar-refractivity contribution < 1.29 is 4.79 Å². The number of carbonyl (C=O) groups is 1. The summed E-state index contributed by atoms with van der Waals surface area (Å²) >= 11 is 1.64. The van der Waals surface area contributed by atoms with Crippen molar-refractivity contribution >= 4 is 28.3 Å². The maximum atomic E-state index is 12.6. The summed E-state index contributed by atoms with van der Waals surface area (Å²) in [7, 11) is 3.63. The number of H-pyrrole nitrogens is 1. The van der Waals surface area contributed by atoms with Gasteiger partial charge in [0.25, 0.3) is 5.56 Å². The maximum absolute atomic E-state index is 12.6. The molecule has 0 bridgehead atoms. The number of hydrogen-bond acceptors (Lipinski definition) is 4. The van der Waals surface area contributed by atoms with Gasteiger partial charge >= 0.3 is 0 Å². The van der Waals surface area contributed by atoms with Crippen LogP contribution >= 0.6 is 11.3 Å². The quantitative estimate of drug-likeness (QED) is 0.748. The van der Waals surface area contributed by atoms with Gasteiger partial charge in [-0.05, 0) is 44.2 Å². The Morgan fingerprint density at radius 1 is 1.42 bits per heavy atom. The second-order valence-corrected chi connectivity index (χ2v) is 7.67. The fourth-order valence-corrected chi connectivity index (χ4v) is 4.23. The summed E-state index contributed by atoms with van der Waals surface area (Å²) in [6.07, 6.45) is 0.729. The van der Waals surface area contributed by atoms with Crippen molar-refractivity contribution in [2.45, 2.75) is 39.7 Å². The van der Waals surface area contributed by atoms with Crippen LogP contribution < -0.4 is 5.56 Å². The molecule has 3 aromatic rings. The van der Waals surface area contributed by atoms with E-state index < -0.39 is 0 Å². The molecule has 6 nitrogen and oxygen atoms in total. The van der Waals surface area contributed by atoms with Crippen LogP contribution in [-0.2, 0) is 18.3 Å². The smallest absolute Gasteiger partial charge is 0.253 e. The average molecular weight is 372 g/mol. The Balaban J connectivity index is 1.80. The van der Waals surface area contributed by atoms with Gasteiger partial charge in [-0.2, -0.15) is 5.10 Å². The monoisotopic (exact) mass is 372 g/mol. The molecule has 3 aromatic heterocycles. The topological polar surface area (TPSA) is 71.0 Å². The summed E-state index contributed by atoms with van der Waals surface area (Å²) in [5.74, 6) is 0.0349. The normalized spacial score (nSPS) is 12.5. The molecule has 138 valence electrons. The van der Waals surface area contributed by atoms with Gasteiger partial charge in [-0.25, -0.2) is 0 Å². The highest BCUT2D eigenvalue weighted by atomic mass is 32.1. The molecule has 7 heteroatoms. The molecule has 0 saturated carbocycles. The predicted molar refractivity (Wildman–Crippen MR) is 105 cm³/mol. The van der Waals surface area contributed by atoms with E-state index in [1.807, 2.05) is 52.4 Å². The third-order valence-corrected chi connectivity index (χ3v) is 6.12. The number of hydrogen-bond donors (Lipinski definition) is 1. The van der Waals surface area contributed by atoms with E-state index in [0.29, 0.717) is 18.4 Å². The van der Waals surface area contributed by atoms with Crippen LogP contribution in [0.1, 0.15) is 41.1 Å². The molecule has 1 amide bonds. The molecule has 0 aliphatic carbocycles. The van der Waals surface area contributed by atoms with Crippen molar-refractivity contribution in [3.8, 4) is 0 Å². The Labute approximate surface area is 156 Å². The predicted octanol–water partition coefficient (Wildman–Crippen LogP) is 3.09. The largest absolute Gasteiger partial charge is 0.338 e. The lowest BCUT2D eigenvalue weighted by Gasteiger charge is -2.24. The lowest BCUT2D eigenvalue weighted by molar-refractivity contribution is -0.131. The van der Waals surface area contributed by atoms with Crippen molar-refractivity contribution in [3.05, 3.63) is 49.6 Å². The third-order valence-electron chi connectivity index (χ3n) is 5.07. The van der Waals surface area contributed by atoms with Crippen molar-refractivity contribution in [1.29, 1.82) is 0 Å². The zero-order valence-electron chi connectivity index (χ0n) is 15.8. The Kier molecular flexibility index (Phi) is 5.00. The lowest BCUT2D eigenvalue weighted by atomic mass is 10.0.